The van der Waals surface area contributed by atoms with E-state index in [0.29, 0.717) is 10.6 Å². The van der Waals surface area contributed by atoms with Gasteiger partial charge in [0.25, 0.3) is 5.91 Å². The van der Waals surface area contributed by atoms with Gasteiger partial charge in [-0.25, -0.2) is 4.98 Å². The summed E-state index contributed by atoms with van der Waals surface area (Å²) in [6.45, 7) is 1.84. The lowest BCUT2D eigenvalue weighted by Gasteiger charge is -2.12. The normalized spacial score (nSPS) is 14.5. The van der Waals surface area contributed by atoms with Gasteiger partial charge in [-0.15, -0.1) is 11.3 Å². The van der Waals surface area contributed by atoms with E-state index in [1.807, 2.05) is 43.3 Å². The van der Waals surface area contributed by atoms with Crippen molar-refractivity contribution >= 4 is 50.8 Å². The molecule has 2 aromatic heterocycles. The third kappa shape index (κ3) is 3.77. The number of rotatable bonds is 5. The molecule has 0 radical (unpaired) electrons. The topological polar surface area (TPSA) is 85.1 Å². The minimum absolute atomic E-state index is 0.152. The summed E-state index contributed by atoms with van der Waals surface area (Å²) in [5.74, 6) is -0.618. The Hall–Kier alpha value is -2.38. The van der Waals surface area contributed by atoms with E-state index in [4.69, 9.17) is 5.73 Å². The van der Waals surface area contributed by atoms with Gasteiger partial charge in [-0.1, -0.05) is 36.0 Å². The first kappa shape index (κ1) is 19.0. The van der Waals surface area contributed by atoms with Crippen LogP contribution in [0.25, 0.3) is 10.9 Å². The third-order valence-electron chi connectivity index (χ3n) is 4.89. The number of thiophene rings is 1. The molecular formula is C21H21N3O2S2. The highest BCUT2D eigenvalue weighted by atomic mass is 32.2. The van der Waals surface area contributed by atoms with Crippen molar-refractivity contribution in [2.75, 3.05) is 5.32 Å². The Morgan fingerprint density at radius 3 is 2.79 bits per heavy atom. The molecule has 7 heteroatoms. The third-order valence-corrected chi connectivity index (χ3v) is 7.14. The van der Waals surface area contributed by atoms with Crippen molar-refractivity contribution in [2.45, 2.75) is 42.9 Å². The molecule has 0 saturated carbocycles. The lowest BCUT2D eigenvalue weighted by molar-refractivity contribution is -0.115. The van der Waals surface area contributed by atoms with Crippen LogP contribution in [-0.4, -0.2) is 22.0 Å². The van der Waals surface area contributed by atoms with Crippen molar-refractivity contribution in [3.8, 4) is 0 Å². The van der Waals surface area contributed by atoms with E-state index in [9.17, 15) is 9.59 Å². The van der Waals surface area contributed by atoms with Gasteiger partial charge in [-0.3, -0.25) is 9.59 Å². The number of thioether (sulfide) groups is 1. The molecule has 2 amide bonds. The molecule has 28 heavy (non-hydrogen) atoms. The zero-order chi connectivity index (χ0) is 19.7. The van der Waals surface area contributed by atoms with Crippen molar-refractivity contribution in [2.24, 2.45) is 5.73 Å². The molecule has 144 valence electrons. The molecule has 4 rings (SSSR count). The molecule has 0 unspecified atom stereocenters. The fourth-order valence-corrected chi connectivity index (χ4v) is 5.60. The molecule has 2 heterocycles. The van der Waals surface area contributed by atoms with E-state index in [1.165, 1.54) is 28.0 Å². The van der Waals surface area contributed by atoms with Crippen molar-refractivity contribution in [1.29, 1.82) is 0 Å². The van der Waals surface area contributed by atoms with E-state index in [-0.39, 0.29) is 11.2 Å². The van der Waals surface area contributed by atoms with Crippen molar-refractivity contribution < 1.29 is 9.59 Å². The van der Waals surface area contributed by atoms with Crippen LogP contribution >= 0.6 is 23.1 Å². The molecule has 3 N–H and O–H groups in total. The maximum Gasteiger partial charge on any atom is 0.251 e. The first-order chi connectivity index (χ1) is 13.5. The monoisotopic (exact) mass is 411 g/mol. The molecule has 1 aromatic carbocycles. The maximum absolute atomic E-state index is 12.8. The Bertz CT molecular complexity index is 1060. The molecular weight excluding hydrogens is 390 g/mol. The minimum atomic E-state index is -0.466. The molecule has 1 aliphatic carbocycles. The summed E-state index contributed by atoms with van der Waals surface area (Å²) in [4.78, 5) is 30.5. The number of amides is 2. The van der Waals surface area contributed by atoms with Gasteiger partial charge < -0.3 is 11.1 Å². The van der Waals surface area contributed by atoms with Crippen LogP contribution in [0.4, 0.5) is 5.00 Å². The van der Waals surface area contributed by atoms with E-state index in [1.54, 1.807) is 0 Å². The molecule has 0 spiro atoms. The van der Waals surface area contributed by atoms with Crippen LogP contribution in [0, 0.1) is 0 Å². The van der Waals surface area contributed by atoms with Gasteiger partial charge >= 0.3 is 0 Å². The molecule has 5 nitrogen and oxygen atoms in total. The number of pyridine rings is 1. The SMILES string of the molecule is C[C@@H](Sc1ccc2ccccc2n1)C(=O)Nc1sc2c(c1C(N)=O)CCCC2. The predicted octanol–water partition coefficient (Wildman–Crippen LogP) is 4.39. The summed E-state index contributed by atoms with van der Waals surface area (Å²) in [6.07, 6.45) is 3.96. The fourth-order valence-electron chi connectivity index (χ4n) is 3.48. The number of hydrogen-bond acceptors (Lipinski definition) is 5. The standard InChI is InChI=1S/C21H21N3O2S2/c1-12(27-17-11-10-13-6-2-4-8-15(13)23-17)20(26)24-21-18(19(22)25)14-7-3-5-9-16(14)28-21/h2,4,6,8,10-12H,3,5,7,9H2,1H3,(H2,22,25)(H,24,26)/t12-/m1/s1. The second-order valence-electron chi connectivity index (χ2n) is 6.87. The molecule has 3 aromatic rings. The largest absolute Gasteiger partial charge is 0.365 e. The summed E-state index contributed by atoms with van der Waals surface area (Å²) in [5.41, 5.74) is 8.04. The number of aromatic nitrogens is 1. The number of nitrogens with two attached hydrogens (primary N) is 1. The van der Waals surface area contributed by atoms with Gasteiger partial charge in [0.05, 0.1) is 21.4 Å². The van der Waals surface area contributed by atoms with Gasteiger partial charge in [0.2, 0.25) is 5.91 Å². The van der Waals surface area contributed by atoms with Gasteiger partial charge in [0, 0.05) is 10.3 Å². The number of para-hydroxylation sites is 1. The number of anilines is 1. The Labute approximate surface area is 171 Å². The molecule has 0 bridgehead atoms. The summed E-state index contributed by atoms with van der Waals surface area (Å²) in [6, 6.07) is 11.8. The number of aryl methyl sites for hydroxylation is 1. The number of nitrogens with one attached hydrogen (secondary N) is 1. The molecule has 1 atom stereocenters. The number of primary amides is 1. The molecule has 1 aliphatic rings. The van der Waals surface area contributed by atoms with E-state index < -0.39 is 5.91 Å². The Morgan fingerprint density at radius 1 is 1.18 bits per heavy atom. The second-order valence-corrected chi connectivity index (χ2v) is 9.34. The first-order valence-corrected chi connectivity index (χ1v) is 11.0. The van der Waals surface area contributed by atoms with Crippen molar-refractivity contribution in [3.63, 3.8) is 0 Å². The summed E-state index contributed by atoms with van der Waals surface area (Å²) in [7, 11) is 0. The average molecular weight is 412 g/mol. The lowest BCUT2D eigenvalue weighted by atomic mass is 9.95. The molecule has 0 aliphatic heterocycles. The highest BCUT2D eigenvalue weighted by molar-refractivity contribution is 8.00. The predicted molar refractivity (Wildman–Crippen MR) is 115 cm³/mol. The second kappa shape index (κ2) is 7.93. The average Bonchev–Trinajstić information content (AvgIpc) is 3.05. The number of fused-ring (bicyclic) bond motifs is 2. The van der Waals surface area contributed by atoms with Crippen LogP contribution in [0.1, 0.15) is 40.6 Å². The number of carbonyl (C=O) groups excluding carboxylic acids is 2. The minimum Gasteiger partial charge on any atom is -0.365 e. The van der Waals surface area contributed by atoms with Gasteiger partial charge in [-0.2, -0.15) is 0 Å². The highest BCUT2D eigenvalue weighted by Gasteiger charge is 2.26. The van der Waals surface area contributed by atoms with Gasteiger partial charge in [0.1, 0.15) is 5.00 Å². The Balaban J connectivity index is 1.51. The van der Waals surface area contributed by atoms with Crippen LogP contribution in [-0.2, 0) is 17.6 Å². The quantitative estimate of drug-likeness (QED) is 0.610. The summed E-state index contributed by atoms with van der Waals surface area (Å²) in [5, 5.41) is 5.03. The van der Waals surface area contributed by atoms with E-state index >= 15 is 0 Å². The molecule has 0 fully saturated rings. The van der Waals surface area contributed by atoms with E-state index in [0.717, 1.165) is 47.2 Å². The summed E-state index contributed by atoms with van der Waals surface area (Å²) < 4.78 is 0. The number of carbonyl (C=O) groups is 2. The Morgan fingerprint density at radius 2 is 1.96 bits per heavy atom. The van der Waals surface area contributed by atoms with Crippen molar-refractivity contribution in [3.05, 3.63) is 52.4 Å². The van der Waals surface area contributed by atoms with Gasteiger partial charge in [-0.05, 0) is 50.3 Å². The zero-order valence-corrected chi connectivity index (χ0v) is 17.2. The maximum atomic E-state index is 12.8. The van der Waals surface area contributed by atoms with Crippen LogP contribution in [0.15, 0.2) is 41.4 Å². The lowest BCUT2D eigenvalue weighted by Crippen LogP contribution is -2.24. The fraction of sp³-hybridized carbons (Fsp3) is 0.286. The van der Waals surface area contributed by atoms with Crippen molar-refractivity contribution in [1.82, 2.24) is 4.98 Å². The number of hydrogen-bond donors (Lipinski definition) is 2. The first-order valence-electron chi connectivity index (χ1n) is 9.30. The van der Waals surface area contributed by atoms with Gasteiger partial charge in [0.15, 0.2) is 0 Å². The smallest absolute Gasteiger partial charge is 0.251 e. The van der Waals surface area contributed by atoms with E-state index in [2.05, 4.69) is 10.3 Å². The Kier molecular flexibility index (Phi) is 5.37. The number of nitrogens with zero attached hydrogens (tertiary/aromatic N) is 1. The molecule has 0 saturated heterocycles. The highest BCUT2D eigenvalue weighted by Crippen LogP contribution is 2.38. The van der Waals surface area contributed by atoms with Crippen LogP contribution in [0.5, 0.6) is 0 Å². The summed E-state index contributed by atoms with van der Waals surface area (Å²) >= 11 is 2.89. The van der Waals surface area contributed by atoms with Crippen LogP contribution < -0.4 is 11.1 Å². The van der Waals surface area contributed by atoms with Crippen LogP contribution in [0.3, 0.4) is 0 Å². The number of benzene rings is 1. The van der Waals surface area contributed by atoms with Crippen LogP contribution in [0.2, 0.25) is 0 Å². The zero-order valence-electron chi connectivity index (χ0n) is 15.5.